The van der Waals surface area contributed by atoms with Gasteiger partial charge in [0.1, 0.15) is 0 Å². The first kappa shape index (κ1) is 13.1. The van der Waals surface area contributed by atoms with Gasteiger partial charge in [0, 0.05) is 42.0 Å². The summed E-state index contributed by atoms with van der Waals surface area (Å²) < 4.78 is 1.83. The van der Waals surface area contributed by atoms with Crippen molar-refractivity contribution in [2.75, 3.05) is 0 Å². The second-order valence-corrected chi connectivity index (χ2v) is 5.41. The molecule has 1 unspecified atom stereocenters. The Balaban J connectivity index is 1.95. The fraction of sp³-hybridized carbons (Fsp3) is 0.250. The molecule has 1 atom stereocenters. The molecule has 3 aromatic rings. The quantitative estimate of drug-likeness (QED) is 0.781. The van der Waals surface area contributed by atoms with E-state index in [-0.39, 0.29) is 6.04 Å². The molecule has 4 rings (SSSR count). The maximum absolute atomic E-state index is 6.36. The van der Waals surface area contributed by atoms with Crippen molar-refractivity contribution in [1.82, 2.24) is 24.7 Å². The lowest BCUT2D eigenvalue weighted by atomic mass is 9.90. The molecule has 0 saturated carbocycles. The summed E-state index contributed by atoms with van der Waals surface area (Å²) >= 11 is 0. The van der Waals surface area contributed by atoms with Gasteiger partial charge in [0.25, 0.3) is 5.95 Å². The first-order valence-corrected chi connectivity index (χ1v) is 7.40. The highest BCUT2D eigenvalue weighted by atomic mass is 15.4. The van der Waals surface area contributed by atoms with Crippen LogP contribution in [0.25, 0.3) is 17.2 Å². The summed E-state index contributed by atoms with van der Waals surface area (Å²) in [6.07, 6.45) is 9.99. The molecule has 3 heterocycles. The number of nitrogens with two attached hydrogens (primary N) is 1. The van der Waals surface area contributed by atoms with Crippen LogP contribution >= 0.6 is 0 Å². The molecule has 0 aromatic carbocycles. The zero-order valence-corrected chi connectivity index (χ0v) is 12.1. The summed E-state index contributed by atoms with van der Waals surface area (Å²) in [7, 11) is 0. The van der Waals surface area contributed by atoms with Crippen molar-refractivity contribution >= 4 is 0 Å². The van der Waals surface area contributed by atoms with E-state index in [1.807, 2.05) is 23.0 Å². The zero-order valence-electron chi connectivity index (χ0n) is 12.1. The first-order chi connectivity index (χ1) is 10.8. The summed E-state index contributed by atoms with van der Waals surface area (Å²) in [5.74, 6) is 0.586. The molecule has 6 heteroatoms. The summed E-state index contributed by atoms with van der Waals surface area (Å²) in [5, 5.41) is 4.75. The van der Waals surface area contributed by atoms with Crippen LogP contribution in [0.1, 0.15) is 30.1 Å². The third-order valence-electron chi connectivity index (χ3n) is 4.00. The molecule has 2 N–H and O–H groups in total. The van der Waals surface area contributed by atoms with Crippen LogP contribution in [-0.2, 0) is 6.42 Å². The maximum atomic E-state index is 6.36. The lowest BCUT2D eigenvalue weighted by Gasteiger charge is -2.20. The smallest absolute Gasteiger partial charge is 0.250 e. The van der Waals surface area contributed by atoms with Crippen LogP contribution in [0.4, 0.5) is 0 Å². The number of pyridine rings is 1. The molecule has 0 amide bonds. The van der Waals surface area contributed by atoms with Crippen molar-refractivity contribution in [2.45, 2.75) is 25.3 Å². The van der Waals surface area contributed by atoms with Gasteiger partial charge in [0.15, 0.2) is 0 Å². The van der Waals surface area contributed by atoms with Crippen molar-refractivity contribution < 1.29 is 0 Å². The van der Waals surface area contributed by atoms with Crippen molar-refractivity contribution in [3.63, 3.8) is 0 Å². The number of aromatic nitrogens is 5. The Bertz CT molecular complexity index is 781. The maximum Gasteiger partial charge on any atom is 0.250 e. The van der Waals surface area contributed by atoms with E-state index >= 15 is 0 Å². The highest BCUT2D eigenvalue weighted by Gasteiger charge is 2.28. The summed E-state index contributed by atoms with van der Waals surface area (Å²) in [6, 6.07) is 5.71. The lowest BCUT2D eigenvalue weighted by molar-refractivity contribution is 0.555. The average Bonchev–Trinajstić information content (AvgIpc) is 2.98. The second-order valence-electron chi connectivity index (χ2n) is 5.41. The molecular weight excluding hydrogens is 276 g/mol. The van der Waals surface area contributed by atoms with E-state index in [0.717, 1.165) is 41.8 Å². The molecule has 1 aliphatic rings. The van der Waals surface area contributed by atoms with Crippen LogP contribution in [0, 0.1) is 0 Å². The fourth-order valence-electron chi connectivity index (χ4n) is 3.01. The van der Waals surface area contributed by atoms with E-state index in [4.69, 9.17) is 10.8 Å². The largest absolute Gasteiger partial charge is 0.324 e. The number of nitrogens with zero attached hydrogens (tertiary/aromatic N) is 5. The predicted molar refractivity (Wildman–Crippen MR) is 82.3 cm³/mol. The lowest BCUT2D eigenvalue weighted by Crippen LogP contribution is -2.19. The Kier molecular flexibility index (Phi) is 3.16. The zero-order chi connectivity index (χ0) is 14.9. The van der Waals surface area contributed by atoms with Crippen molar-refractivity contribution in [3.05, 3.63) is 54.2 Å². The first-order valence-electron chi connectivity index (χ1n) is 7.40. The second kappa shape index (κ2) is 5.31. The molecule has 6 nitrogen and oxygen atoms in total. The molecular formula is C16H16N6. The van der Waals surface area contributed by atoms with Gasteiger partial charge >= 0.3 is 0 Å². The van der Waals surface area contributed by atoms with Crippen LogP contribution in [0.3, 0.4) is 0 Å². The van der Waals surface area contributed by atoms with Gasteiger partial charge in [-0.2, -0.15) is 5.10 Å². The third-order valence-corrected chi connectivity index (χ3v) is 4.00. The van der Waals surface area contributed by atoms with Crippen LogP contribution < -0.4 is 5.73 Å². The van der Waals surface area contributed by atoms with Gasteiger partial charge in [0.05, 0.1) is 11.4 Å². The highest BCUT2D eigenvalue weighted by molar-refractivity contribution is 5.65. The molecule has 0 spiro atoms. The molecule has 110 valence electrons. The van der Waals surface area contributed by atoms with Crippen LogP contribution in [-0.4, -0.2) is 24.7 Å². The van der Waals surface area contributed by atoms with Gasteiger partial charge < -0.3 is 5.73 Å². The predicted octanol–water partition coefficient (Wildman–Crippen LogP) is 2.06. The van der Waals surface area contributed by atoms with Gasteiger partial charge in [-0.1, -0.05) is 0 Å². The van der Waals surface area contributed by atoms with Gasteiger partial charge in [-0.25, -0.2) is 14.6 Å². The summed E-state index contributed by atoms with van der Waals surface area (Å²) in [5.41, 5.74) is 10.4. The molecule has 0 fully saturated rings. The minimum atomic E-state index is -0.00332. The van der Waals surface area contributed by atoms with Crippen LogP contribution in [0.5, 0.6) is 0 Å². The van der Waals surface area contributed by atoms with E-state index in [2.05, 4.69) is 15.0 Å². The summed E-state index contributed by atoms with van der Waals surface area (Å²) in [4.78, 5) is 12.8. The molecule has 0 radical (unpaired) electrons. The minimum absolute atomic E-state index is 0.00332. The van der Waals surface area contributed by atoms with Crippen molar-refractivity contribution in [2.24, 2.45) is 5.73 Å². The van der Waals surface area contributed by atoms with Crippen LogP contribution in [0.2, 0.25) is 0 Å². The Morgan fingerprint density at radius 1 is 1.14 bits per heavy atom. The van der Waals surface area contributed by atoms with E-state index in [1.54, 1.807) is 24.7 Å². The fourth-order valence-corrected chi connectivity index (χ4v) is 3.01. The number of rotatable bonds is 2. The molecule has 3 aromatic heterocycles. The number of hydrogen-bond acceptors (Lipinski definition) is 5. The normalized spacial score (nSPS) is 17.2. The van der Waals surface area contributed by atoms with Gasteiger partial charge in [0.2, 0.25) is 0 Å². The van der Waals surface area contributed by atoms with Crippen molar-refractivity contribution in [3.8, 4) is 17.2 Å². The van der Waals surface area contributed by atoms with Gasteiger partial charge in [-0.15, -0.1) is 0 Å². The van der Waals surface area contributed by atoms with Gasteiger partial charge in [-0.3, -0.25) is 4.98 Å². The Morgan fingerprint density at radius 2 is 2.00 bits per heavy atom. The number of fused-ring (bicyclic) bond motifs is 1. The van der Waals surface area contributed by atoms with E-state index in [0.29, 0.717) is 5.95 Å². The highest BCUT2D eigenvalue weighted by Crippen LogP contribution is 2.36. The van der Waals surface area contributed by atoms with E-state index in [1.165, 1.54) is 0 Å². The Hall–Kier alpha value is -2.60. The van der Waals surface area contributed by atoms with E-state index < -0.39 is 0 Å². The SMILES string of the molecule is NC1CCCc2c1c(-c1cccnc1)nn2-c1ncccn1. The topological polar surface area (TPSA) is 82.5 Å². The molecule has 0 aliphatic heterocycles. The number of hydrogen-bond donors (Lipinski definition) is 1. The third kappa shape index (κ3) is 2.08. The molecule has 0 bridgehead atoms. The van der Waals surface area contributed by atoms with Crippen LogP contribution in [0.15, 0.2) is 43.0 Å². The Labute approximate surface area is 128 Å². The minimum Gasteiger partial charge on any atom is -0.324 e. The molecule has 0 saturated heterocycles. The monoisotopic (exact) mass is 292 g/mol. The standard InChI is InChI=1S/C16H16N6/c17-12-5-1-6-13-14(12)15(11-4-2-7-18-10-11)21-22(13)16-19-8-3-9-20-16/h2-4,7-10,12H,1,5-6,17H2. The van der Waals surface area contributed by atoms with Gasteiger partial charge in [-0.05, 0) is 37.5 Å². The molecule has 1 aliphatic carbocycles. The Morgan fingerprint density at radius 3 is 2.77 bits per heavy atom. The summed E-state index contributed by atoms with van der Waals surface area (Å²) in [6.45, 7) is 0. The van der Waals surface area contributed by atoms with Crippen molar-refractivity contribution in [1.29, 1.82) is 0 Å². The molecule has 22 heavy (non-hydrogen) atoms. The average molecular weight is 292 g/mol. The van der Waals surface area contributed by atoms with E-state index in [9.17, 15) is 0 Å².